The SMILES string of the molecule is CC.CC.CC.CC.CC.CC.c1ccc(P(Cc2cccc(-c3ccccc3CP(c3ccccc3)c3ccccc3)c2)c2ccccc2)cc1. The van der Waals surface area contributed by atoms with Crippen LogP contribution in [0.3, 0.4) is 0 Å². The zero-order valence-electron chi connectivity index (χ0n) is 34.5. The van der Waals surface area contributed by atoms with Crippen LogP contribution in [-0.4, -0.2) is 0 Å². The lowest BCUT2D eigenvalue weighted by Gasteiger charge is -2.21. The van der Waals surface area contributed by atoms with E-state index in [2.05, 4.69) is 170 Å². The number of hydrogen-bond acceptors (Lipinski definition) is 0. The molecule has 52 heavy (non-hydrogen) atoms. The van der Waals surface area contributed by atoms with Crippen molar-refractivity contribution in [3.63, 3.8) is 0 Å². The standard InChI is InChI=1S/C38H32P2.6C2H6/c1-5-19-34(20-6-1)39(35-21-7-2-8-22-35)29-31-16-15-18-32(28-31)38-27-14-13-17-33(38)30-40(36-23-9-3-10-24-36)37-25-11-4-12-26-37;6*1-2/h1-28H,29-30H2;6*1-2H3. The van der Waals surface area contributed by atoms with Gasteiger partial charge < -0.3 is 0 Å². The molecule has 6 aromatic rings. The third kappa shape index (κ3) is 15.8. The maximum atomic E-state index is 2.42. The summed E-state index contributed by atoms with van der Waals surface area (Å²) < 4.78 is 0. The van der Waals surface area contributed by atoms with Gasteiger partial charge in [-0.25, -0.2) is 0 Å². The Morgan fingerprint density at radius 3 is 1.02 bits per heavy atom. The topological polar surface area (TPSA) is 0 Å². The smallest absolute Gasteiger partial charge is 0.00136 e. The zero-order valence-corrected chi connectivity index (χ0v) is 36.3. The minimum absolute atomic E-state index is 0.487. The van der Waals surface area contributed by atoms with Gasteiger partial charge in [0, 0.05) is 12.3 Å². The summed E-state index contributed by atoms with van der Waals surface area (Å²) in [7, 11) is -1.00. The molecule has 0 aromatic heterocycles. The van der Waals surface area contributed by atoms with Gasteiger partial charge in [0.15, 0.2) is 0 Å². The highest BCUT2D eigenvalue weighted by Gasteiger charge is 2.18. The highest BCUT2D eigenvalue weighted by molar-refractivity contribution is 7.72. The van der Waals surface area contributed by atoms with Crippen molar-refractivity contribution in [2.24, 2.45) is 0 Å². The van der Waals surface area contributed by atoms with Crippen LogP contribution < -0.4 is 21.2 Å². The van der Waals surface area contributed by atoms with Gasteiger partial charge in [-0.15, -0.1) is 0 Å². The van der Waals surface area contributed by atoms with Gasteiger partial charge in [-0.1, -0.05) is 253 Å². The number of hydrogen-bond donors (Lipinski definition) is 0. The molecule has 0 nitrogen and oxygen atoms in total. The van der Waals surface area contributed by atoms with Gasteiger partial charge in [0.2, 0.25) is 0 Å². The van der Waals surface area contributed by atoms with Gasteiger partial charge in [-0.05, 0) is 59.3 Å². The van der Waals surface area contributed by atoms with Crippen LogP contribution >= 0.6 is 15.8 Å². The first-order valence-electron chi connectivity index (χ1n) is 19.8. The van der Waals surface area contributed by atoms with E-state index in [-0.39, 0.29) is 0 Å². The molecule has 0 fully saturated rings. The molecule has 0 aliphatic carbocycles. The summed E-state index contributed by atoms with van der Waals surface area (Å²) in [4.78, 5) is 0. The van der Waals surface area contributed by atoms with Crippen molar-refractivity contribution in [3.8, 4) is 11.1 Å². The molecule has 0 atom stereocenters. The van der Waals surface area contributed by atoms with Crippen molar-refractivity contribution >= 4 is 37.1 Å². The fourth-order valence-electron chi connectivity index (χ4n) is 5.22. The summed E-state index contributed by atoms with van der Waals surface area (Å²) in [6.45, 7) is 24.0. The fourth-order valence-corrected chi connectivity index (χ4v) is 9.86. The average Bonchev–Trinajstić information content (AvgIpc) is 3.27. The summed E-state index contributed by atoms with van der Waals surface area (Å²) >= 11 is 0. The fraction of sp³-hybridized carbons (Fsp3) is 0.280. The largest absolute Gasteiger partial charge is 0.0683 e. The van der Waals surface area contributed by atoms with Gasteiger partial charge in [-0.3, -0.25) is 0 Å². The molecule has 2 heteroatoms. The number of rotatable bonds is 9. The summed E-state index contributed by atoms with van der Waals surface area (Å²) in [5, 5.41) is 5.68. The van der Waals surface area contributed by atoms with Crippen LogP contribution in [0.15, 0.2) is 170 Å². The minimum Gasteiger partial charge on any atom is -0.0683 e. The van der Waals surface area contributed by atoms with Crippen molar-refractivity contribution < 1.29 is 0 Å². The van der Waals surface area contributed by atoms with E-state index < -0.39 is 15.8 Å². The van der Waals surface area contributed by atoms with E-state index in [0.29, 0.717) is 0 Å². The Morgan fingerprint density at radius 2 is 0.635 bits per heavy atom. The minimum atomic E-state index is -0.513. The molecule has 0 amide bonds. The second kappa shape index (κ2) is 31.9. The quantitative estimate of drug-likeness (QED) is 0.130. The van der Waals surface area contributed by atoms with Crippen LogP contribution in [0.5, 0.6) is 0 Å². The highest BCUT2D eigenvalue weighted by atomic mass is 31.1. The zero-order chi connectivity index (χ0) is 39.0. The van der Waals surface area contributed by atoms with Crippen LogP contribution in [0.2, 0.25) is 0 Å². The number of benzene rings is 6. The van der Waals surface area contributed by atoms with Gasteiger partial charge in [0.05, 0.1) is 0 Å². The highest BCUT2D eigenvalue weighted by Crippen LogP contribution is 2.42. The maximum absolute atomic E-state index is 2.42. The molecule has 0 bridgehead atoms. The van der Waals surface area contributed by atoms with Crippen molar-refractivity contribution in [1.82, 2.24) is 0 Å². The molecule has 6 rings (SSSR count). The Balaban J connectivity index is 0.00000197. The monoisotopic (exact) mass is 730 g/mol. The second-order valence-corrected chi connectivity index (χ2v) is 14.3. The van der Waals surface area contributed by atoms with Crippen molar-refractivity contribution in [1.29, 1.82) is 0 Å². The Kier molecular flexibility index (Phi) is 29.5. The van der Waals surface area contributed by atoms with Crippen molar-refractivity contribution in [2.75, 3.05) is 0 Å². The van der Waals surface area contributed by atoms with Crippen LogP contribution in [0.4, 0.5) is 0 Å². The lowest BCUT2D eigenvalue weighted by molar-refractivity contribution is 1.37. The van der Waals surface area contributed by atoms with Crippen LogP contribution in [0, 0.1) is 0 Å². The van der Waals surface area contributed by atoms with Crippen LogP contribution in [0.25, 0.3) is 11.1 Å². The predicted octanol–water partition coefficient (Wildman–Crippen LogP) is 14.8. The summed E-state index contributed by atoms with van der Waals surface area (Å²) in [5.41, 5.74) is 5.44. The first-order valence-corrected chi connectivity index (χ1v) is 22.8. The average molecular weight is 731 g/mol. The third-order valence-electron chi connectivity index (χ3n) is 7.20. The summed E-state index contributed by atoms with van der Waals surface area (Å²) in [5.74, 6) is 0. The molecule has 0 radical (unpaired) electrons. The molecule has 0 aliphatic heterocycles. The van der Waals surface area contributed by atoms with E-state index in [1.807, 2.05) is 83.1 Å². The maximum Gasteiger partial charge on any atom is 0.00136 e. The lowest BCUT2D eigenvalue weighted by Crippen LogP contribution is -2.13. The molecule has 0 unspecified atom stereocenters. The molecule has 0 heterocycles. The van der Waals surface area contributed by atoms with E-state index in [1.54, 1.807) is 0 Å². The first kappa shape index (κ1) is 48.2. The molecule has 0 aliphatic rings. The molecule has 0 saturated heterocycles. The third-order valence-corrected chi connectivity index (χ3v) is 12.2. The lowest BCUT2D eigenvalue weighted by atomic mass is 9.99. The van der Waals surface area contributed by atoms with Gasteiger partial charge in [0.1, 0.15) is 0 Å². The van der Waals surface area contributed by atoms with Gasteiger partial charge >= 0.3 is 0 Å². The molecule has 6 aromatic carbocycles. The molecule has 0 N–H and O–H groups in total. The molecule has 278 valence electrons. The van der Waals surface area contributed by atoms with Crippen molar-refractivity contribution in [2.45, 2.75) is 95.4 Å². The summed E-state index contributed by atoms with van der Waals surface area (Å²) in [6.07, 6.45) is 2.05. The molecular formula is C50H68P2. The Hall–Kier alpha value is -3.82. The normalized spacial score (nSPS) is 9.27. The van der Waals surface area contributed by atoms with E-state index >= 15 is 0 Å². The van der Waals surface area contributed by atoms with Crippen LogP contribution in [0.1, 0.15) is 94.2 Å². The van der Waals surface area contributed by atoms with E-state index in [4.69, 9.17) is 0 Å². The van der Waals surface area contributed by atoms with Crippen LogP contribution in [-0.2, 0) is 12.3 Å². The van der Waals surface area contributed by atoms with Crippen molar-refractivity contribution in [3.05, 3.63) is 181 Å². The Morgan fingerprint density at radius 1 is 0.308 bits per heavy atom. The van der Waals surface area contributed by atoms with E-state index in [9.17, 15) is 0 Å². The molecule has 0 spiro atoms. The molecule has 0 saturated carbocycles. The summed E-state index contributed by atoms with van der Waals surface area (Å²) in [6, 6.07) is 62.3. The Labute approximate surface area is 323 Å². The van der Waals surface area contributed by atoms with Gasteiger partial charge in [-0.2, -0.15) is 0 Å². The second-order valence-electron chi connectivity index (χ2n) is 9.87. The van der Waals surface area contributed by atoms with E-state index in [0.717, 1.165) is 12.3 Å². The van der Waals surface area contributed by atoms with Gasteiger partial charge in [0.25, 0.3) is 0 Å². The first-order chi connectivity index (χ1) is 25.8. The Bertz CT molecular complexity index is 1550. The molecular weight excluding hydrogens is 662 g/mol. The predicted molar refractivity (Wildman–Crippen MR) is 246 cm³/mol. The van der Waals surface area contributed by atoms with E-state index in [1.165, 1.54) is 43.5 Å².